The van der Waals surface area contributed by atoms with Gasteiger partial charge in [-0.1, -0.05) is 23.7 Å². The van der Waals surface area contributed by atoms with E-state index >= 15 is 0 Å². The Balaban J connectivity index is 1.65. The van der Waals surface area contributed by atoms with Crippen molar-refractivity contribution in [1.82, 2.24) is 15.5 Å². The summed E-state index contributed by atoms with van der Waals surface area (Å²) in [5, 5.41) is 7.79. The molecule has 0 aromatic heterocycles. The molecule has 5 heteroatoms. The monoisotopic (exact) mass is 350 g/mol. The summed E-state index contributed by atoms with van der Waals surface area (Å²) in [4.78, 5) is 6.90. The molecule has 0 unspecified atom stereocenters. The minimum absolute atomic E-state index is 0.530. The Morgan fingerprint density at radius 1 is 1.25 bits per heavy atom. The fourth-order valence-electron chi connectivity index (χ4n) is 3.10. The van der Waals surface area contributed by atoms with Crippen molar-refractivity contribution in [2.75, 3.05) is 26.7 Å². The predicted molar refractivity (Wildman–Crippen MR) is 104 cm³/mol. The predicted octanol–water partition coefficient (Wildman–Crippen LogP) is 3.31. The number of aryl methyl sites for hydroxylation is 1. The SMILES string of the molecule is CN=C(NCCCc1ccc(Cl)cc1)NC1CCN(C(C)C)CC1. The lowest BCUT2D eigenvalue weighted by Gasteiger charge is -2.35. The number of piperidine rings is 1. The number of hydrogen-bond donors (Lipinski definition) is 2. The van der Waals surface area contributed by atoms with Crippen molar-refractivity contribution in [2.24, 2.45) is 4.99 Å². The van der Waals surface area contributed by atoms with E-state index in [9.17, 15) is 0 Å². The molecule has 24 heavy (non-hydrogen) atoms. The van der Waals surface area contributed by atoms with Crippen LogP contribution in [0.1, 0.15) is 38.7 Å². The fourth-order valence-corrected chi connectivity index (χ4v) is 3.22. The van der Waals surface area contributed by atoms with Crippen LogP contribution >= 0.6 is 11.6 Å². The van der Waals surface area contributed by atoms with E-state index in [1.165, 1.54) is 31.5 Å². The molecule has 4 nitrogen and oxygen atoms in total. The Morgan fingerprint density at radius 2 is 1.92 bits per heavy atom. The second-order valence-electron chi connectivity index (χ2n) is 6.78. The third-order valence-corrected chi connectivity index (χ3v) is 4.92. The molecule has 2 rings (SSSR count). The van der Waals surface area contributed by atoms with Crippen LogP contribution in [0.5, 0.6) is 0 Å². The van der Waals surface area contributed by atoms with Gasteiger partial charge in [0.05, 0.1) is 0 Å². The van der Waals surface area contributed by atoms with Crippen molar-refractivity contribution in [3.63, 3.8) is 0 Å². The highest BCUT2D eigenvalue weighted by Gasteiger charge is 2.21. The zero-order valence-corrected chi connectivity index (χ0v) is 15.9. The zero-order valence-electron chi connectivity index (χ0n) is 15.2. The molecule has 0 amide bonds. The van der Waals surface area contributed by atoms with Crippen LogP contribution in [0, 0.1) is 0 Å². The molecule has 0 atom stereocenters. The highest BCUT2D eigenvalue weighted by molar-refractivity contribution is 6.30. The number of halogens is 1. The molecule has 0 radical (unpaired) electrons. The molecule has 1 saturated heterocycles. The van der Waals surface area contributed by atoms with Gasteiger partial charge in [0.15, 0.2) is 5.96 Å². The van der Waals surface area contributed by atoms with Crippen LogP contribution in [0.4, 0.5) is 0 Å². The first-order valence-electron chi connectivity index (χ1n) is 9.04. The molecule has 1 aromatic carbocycles. The van der Waals surface area contributed by atoms with E-state index in [-0.39, 0.29) is 0 Å². The van der Waals surface area contributed by atoms with E-state index in [1.807, 2.05) is 19.2 Å². The Bertz CT molecular complexity index is 505. The molecule has 0 spiro atoms. The summed E-state index contributed by atoms with van der Waals surface area (Å²) in [7, 11) is 1.85. The van der Waals surface area contributed by atoms with Crippen LogP contribution in [-0.4, -0.2) is 49.6 Å². The molecule has 1 fully saturated rings. The van der Waals surface area contributed by atoms with Crippen LogP contribution in [0.15, 0.2) is 29.3 Å². The highest BCUT2D eigenvalue weighted by atomic mass is 35.5. The lowest BCUT2D eigenvalue weighted by Crippen LogP contribution is -2.50. The summed E-state index contributed by atoms with van der Waals surface area (Å²) in [5.41, 5.74) is 1.32. The number of aliphatic imine (C=N–C) groups is 1. The van der Waals surface area contributed by atoms with Gasteiger partial charge in [0, 0.05) is 43.8 Å². The second-order valence-corrected chi connectivity index (χ2v) is 7.21. The molecule has 0 saturated carbocycles. The van der Waals surface area contributed by atoms with E-state index in [4.69, 9.17) is 11.6 Å². The van der Waals surface area contributed by atoms with E-state index in [2.05, 4.69) is 46.5 Å². The molecular weight excluding hydrogens is 320 g/mol. The largest absolute Gasteiger partial charge is 0.356 e. The summed E-state index contributed by atoms with van der Waals surface area (Å²) < 4.78 is 0. The van der Waals surface area contributed by atoms with E-state index in [1.54, 1.807) is 0 Å². The standard InChI is InChI=1S/C19H31ClN4/c1-15(2)24-13-10-18(11-14-24)23-19(21-3)22-12-4-5-16-6-8-17(20)9-7-16/h6-9,15,18H,4-5,10-14H2,1-3H3,(H2,21,22,23). The van der Waals surface area contributed by atoms with Crippen molar-refractivity contribution in [3.05, 3.63) is 34.9 Å². The number of rotatable bonds is 6. The van der Waals surface area contributed by atoms with Gasteiger partial charge in [0.25, 0.3) is 0 Å². The third kappa shape index (κ3) is 6.33. The van der Waals surface area contributed by atoms with E-state index < -0.39 is 0 Å². The Morgan fingerprint density at radius 3 is 2.50 bits per heavy atom. The number of likely N-dealkylation sites (tertiary alicyclic amines) is 1. The van der Waals surface area contributed by atoms with Gasteiger partial charge in [-0.25, -0.2) is 0 Å². The lowest BCUT2D eigenvalue weighted by molar-refractivity contribution is 0.167. The molecule has 0 bridgehead atoms. The number of nitrogens with one attached hydrogen (secondary N) is 2. The van der Waals surface area contributed by atoms with Gasteiger partial charge in [-0.2, -0.15) is 0 Å². The molecule has 2 N–H and O–H groups in total. The molecule has 1 aromatic rings. The van der Waals surface area contributed by atoms with Crippen molar-refractivity contribution < 1.29 is 0 Å². The number of nitrogens with zero attached hydrogens (tertiary/aromatic N) is 2. The van der Waals surface area contributed by atoms with Gasteiger partial charge < -0.3 is 15.5 Å². The summed E-state index contributed by atoms with van der Waals surface area (Å²) in [6.45, 7) is 7.81. The average Bonchev–Trinajstić information content (AvgIpc) is 2.59. The molecule has 1 heterocycles. The van der Waals surface area contributed by atoms with Crippen molar-refractivity contribution in [1.29, 1.82) is 0 Å². The molecular formula is C19H31ClN4. The Labute approximate surface area is 151 Å². The summed E-state index contributed by atoms with van der Waals surface area (Å²) in [6.07, 6.45) is 4.50. The normalized spacial score (nSPS) is 17.3. The molecule has 0 aliphatic carbocycles. The van der Waals surface area contributed by atoms with Crippen molar-refractivity contribution in [3.8, 4) is 0 Å². The number of benzene rings is 1. The van der Waals surface area contributed by atoms with E-state index in [0.717, 1.165) is 30.4 Å². The smallest absolute Gasteiger partial charge is 0.191 e. The third-order valence-electron chi connectivity index (χ3n) is 4.67. The maximum Gasteiger partial charge on any atom is 0.191 e. The molecule has 1 aliphatic rings. The first-order chi connectivity index (χ1) is 11.6. The Hall–Kier alpha value is -1.26. The molecule has 1 aliphatic heterocycles. The number of guanidine groups is 1. The summed E-state index contributed by atoms with van der Waals surface area (Å²) in [5.74, 6) is 0.925. The second kappa shape index (κ2) is 9.90. The lowest BCUT2D eigenvalue weighted by atomic mass is 10.0. The van der Waals surface area contributed by atoms with E-state index in [0.29, 0.717) is 12.1 Å². The van der Waals surface area contributed by atoms with Gasteiger partial charge in [-0.15, -0.1) is 0 Å². The van der Waals surface area contributed by atoms with Gasteiger partial charge in [0.2, 0.25) is 0 Å². The van der Waals surface area contributed by atoms with Gasteiger partial charge in [-0.05, 0) is 57.2 Å². The maximum atomic E-state index is 5.91. The quantitative estimate of drug-likeness (QED) is 0.469. The van der Waals surface area contributed by atoms with Gasteiger partial charge in [-0.3, -0.25) is 4.99 Å². The van der Waals surface area contributed by atoms with Crippen LogP contribution in [0.25, 0.3) is 0 Å². The minimum Gasteiger partial charge on any atom is -0.356 e. The van der Waals surface area contributed by atoms with Crippen LogP contribution < -0.4 is 10.6 Å². The molecule has 134 valence electrons. The van der Waals surface area contributed by atoms with Crippen molar-refractivity contribution >= 4 is 17.6 Å². The van der Waals surface area contributed by atoms with Crippen LogP contribution in [-0.2, 0) is 6.42 Å². The Kier molecular flexibility index (Phi) is 7.86. The van der Waals surface area contributed by atoms with Gasteiger partial charge >= 0.3 is 0 Å². The minimum atomic E-state index is 0.530. The fraction of sp³-hybridized carbons (Fsp3) is 0.632. The summed E-state index contributed by atoms with van der Waals surface area (Å²) in [6, 6.07) is 9.28. The summed E-state index contributed by atoms with van der Waals surface area (Å²) >= 11 is 5.91. The van der Waals surface area contributed by atoms with Gasteiger partial charge in [0.1, 0.15) is 0 Å². The first-order valence-corrected chi connectivity index (χ1v) is 9.42. The maximum absolute atomic E-state index is 5.91. The first kappa shape index (κ1) is 19.1. The highest BCUT2D eigenvalue weighted by Crippen LogP contribution is 2.13. The zero-order chi connectivity index (χ0) is 17.4. The average molecular weight is 351 g/mol. The topological polar surface area (TPSA) is 39.7 Å². The number of hydrogen-bond acceptors (Lipinski definition) is 2. The van der Waals surface area contributed by atoms with Crippen LogP contribution in [0.3, 0.4) is 0 Å². The van der Waals surface area contributed by atoms with Crippen LogP contribution in [0.2, 0.25) is 5.02 Å². The van der Waals surface area contributed by atoms with Crippen molar-refractivity contribution in [2.45, 2.75) is 51.6 Å².